The van der Waals surface area contributed by atoms with Gasteiger partial charge in [0.15, 0.2) is 0 Å². The van der Waals surface area contributed by atoms with E-state index in [4.69, 9.17) is 0 Å². The van der Waals surface area contributed by atoms with Crippen LogP contribution in [0, 0.1) is 23.2 Å². The number of aliphatic hydroxyl groups excluding tert-OH is 1. The van der Waals surface area contributed by atoms with Crippen molar-refractivity contribution < 1.29 is 5.11 Å². The summed E-state index contributed by atoms with van der Waals surface area (Å²) in [6, 6.07) is 0.696. The topological polar surface area (TPSA) is 35.5 Å². The van der Waals surface area contributed by atoms with E-state index in [1.165, 1.54) is 38.8 Å². The third kappa shape index (κ3) is 4.67. The third-order valence-corrected chi connectivity index (χ3v) is 5.79. The second-order valence-corrected chi connectivity index (χ2v) is 8.40. The molecule has 124 valence electrons. The predicted octanol–water partition coefficient (Wildman–Crippen LogP) is 2.74. The Morgan fingerprint density at radius 3 is 2.52 bits per heavy atom. The molecule has 2 fully saturated rings. The molecule has 0 aromatic carbocycles. The highest BCUT2D eigenvalue weighted by Gasteiger charge is 2.37. The summed E-state index contributed by atoms with van der Waals surface area (Å²) in [5, 5.41) is 13.1. The fraction of sp³-hybridized carbons (Fsp3) is 1.00. The summed E-state index contributed by atoms with van der Waals surface area (Å²) < 4.78 is 0. The van der Waals surface area contributed by atoms with Crippen LogP contribution in [-0.4, -0.2) is 48.8 Å². The van der Waals surface area contributed by atoms with E-state index in [1.54, 1.807) is 0 Å². The first-order valence-electron chi connectivity index (χ1n) is 9.00. The summed E-state index contributed by atoms with van der Waals surface area (Å²) in [7, 11) is 0. The minimum absolute atomic E-state index is 0.364. The standard InChI is InChI=1S/C18H36N2O/c1-5-19-17-7-6-16(18(2,3)4)10-15(17)12-20-9-8-14(11-20)13-21/h14-17,19,21H,5-13H2,1-4H3. The molecular weight excluding hydrogens is 260 g/mol. The van der Waals surface area contributed by atoms with Crippen LogP contribution in [0.2, 0.25) is 0 Å². The van der Waals surface area contributed by atoms with Crippen LogP contribution in [0.5, 0.6) is 0 Å². The first kappa shape index (κ1) is 17.2. The van der Waals surface area contributed by atoms with Gasteiger partial charge in [0.25, 0.3) is 0 Å². The van der Waals surface area contributed by atoms with E-state index in [-0.39, 0.29) is 0 Å². The van der Waals surface area contributed by atoms with Gasteiger partial charge in [-0.1, -0.05) is 27.7 Å². The number of aliphatic hydroxyl groups is 1. The highest BCUT2D eigenvalue weighted by Crippen LogP contribution is 2.40. The van der Waals surface area contributed by atoms with Crippen LogP contribution in [0.25, 0.3) is 0 Å². The van der Waals surface area contributed by atoms with E-state index in [1.807, 2.05) is 0 Å². The van der Waals surface area contributed by atoms with Gasteiger partial charge in [-0.05, 0) is 61.9 Å². The fourth-order valence-electron chi connectivity index (χ4n) is 4.34. The number of nitrogens with zero attached hydrogens (tertiary/aromatic N) is 1. The van der Waals surface area contributed by atoms with E-state index in [9.17, 15) is 5.11 Å². The van der Waals surface area contributed by atoms with Crippen molar-refractivity contribution in [2.45, 2.75) is 59.4 Å². The fourth-order valence-corrected chi connectivity index (χ4v) is 4.34. The maximum Gasteiger partial charge on any atom is 0.0471 e. The van der Waals surface area contributed by atoms with E-state index in [0.29, 0.717) is 24.0 Å². The SMILES string of the molecule is CCNC1CCC(C(C)(C)C)CC1CN1CCC(CO)C1. The van der Waals surface area contributed by atoms with Crippen molar-refractivity contribution in [2.75, 3.05) is 32.8 Å². The summed E-state index contributed by atoms with van der Waals surface area (Å²) in [4.78, 5) is 2.60. The average Bonchev–Trinajstić information content (AvgIpc) is 2.87. The first-order chi connectivity index (χ1) is 9.94. The molecule has 0 spiro atoms. The van der Waals surface area contributed by atoms with Gasteiger partial charge in [-0.3, -0.25) is 0 Å². The molecule has 2 N–H and O–H groups in total. The normalized spacial score (nSPS) is 35.3. The van der Waals surface area contributed by atoms with Crippen LogP contribution in [0.15, 0.2) is 0 Å². The lowest BCUT2D eigenvalue weighted by molar-refractivity contribution is 0.0917. The second kappa shape index (κ2) is 7.43. The van der Waals surface area contributed by atoms with Gasteiger partial charge in [0.1, 0.15) is 0 Å². The van der Waals surface area contributed by atoms with E-state index in [2.05, 4.69) is 37.9 Å². The molecule has 1 aliphatic carbocycles. The highest BCUT2D eigenvalue weighted by atomic mass is 16.3. The Labute approximate surface area is 131 Å². The van der Waals surface area contributed by atoms with Gasteiger partial charge in [-0.25, -0.2) is 0 Å². The first-order valence-corrected chi connectivity index (χ1v) is 9.00. The Morgan fingerprint density at radius 1 is 1.19 bits per heavy atom. The molecule has 0 radical (unpaired) electrons. The van der Waals surface area contributed by atoms with Crippen molar-refractivity contribution in [2.24, 2.45) is 23.2 Å². The molecule has 1 saturated heterocycles. The number of nitrogens with one attached hydrogen (secondary N) is 1. The van der Waals surface area contributed by atoms with Crippen molar-refractivity contribution in [1.82, 2.24) is 10.2 Å². The largest absolute Gasteiger partial charge is 0.396 e. The summed E-state index contributed by atoms with van der Waals surface area (Å²) in [5.41, 5.74) is 0.439. The van der Waals surface area contributed by atoms with Crippen molar-refractivity contribution in [3.63, 3.8) is 0 Å². The zero-order valence-corrected chi connectivity index (χ0v) is 14.6. The molecule has 2 rings (SSSR count). The summed E-state index contributed by atoms with van der Waals surface area (Å²) in [6.45, 7) is 14.4. The van der Waals surface area contributed by atoms with Crippen molar-refractivity contribution in [1.29, 1.82) is 0 Å². The minimum Gasteiger partial charge on any atom is -0.396 e. The van der Waals surface area contributed by atoms with E-state index >= 15 is 0 Å². The van der Waals surface area contributed by atoms with Crippen LogP contribution in [-0.2, 0) is 0 Å². The van der Waals surface area contributed by atoms with E-state index in [0.717, 1.165) is 24.9 Å². The monoisotopic (exact) mass is 296 g/mol. The molecule has 21 heavy (non-hydrogen) atoms. The Balaban J connectivity index is 1.94. The predicted molar refractivity (Wildman–Crippen MR) is 89.4 cm³/mol. The molecule has 1 heterocycles. The van der Waals surface area contributed by atoms with Crippen molar-refractivity contribution in [3.8, 4) is 0 Å². The maximum atomic E-state index is 9.34. The molecule has 1 saturated carbocycles. The third-order valence-electron chi connectivity index (χ3n) is 5.79. The number of hydrogen-bond donors (Lipinski definition) is 2. The molecule has 0 bridgehead atoms. The van der Waals surface area contributed by atoms with Crippen LogP contribution in [0.1, 0.15) is 53.4 Å². The van der Waals surface area contributed by atoms with Gasteiger partial charge in [0.2, 0.25) is 0 Å². The smallest absolute Gasteiger partial charge is 0.0471 e. The molecular formula is C18H36N2O. The zero-order valence-electron chi connectivity index (χ0n) is 14.6. The number of hydrogen-bond acceptors (Lipinski definition) is 3. The lowest BCUT2D eigenvalue weighted by atomic mass is 9.67. The van der Waals surface area contributed by atoms with Gasteiger partial charge in [0.05, 0.1) is 0 Å². The van der Waals surface area contributed by atoms with Crippen LogP contribution >= 0.6 is 0 Å². The van der Waals surface area contributed by atoms with Crippen LogP contribution in [0.4, 0.5) is 0 Å². The Kier molecular flexibility index (Phi) is 6.10. The maximum absolute atomic E-state index is 9.34. The summed E-state index contributed by atoms with van der Waals surface area (Å²) >= 11 is 0. The second-order valence-electron chi connectivity index (χ2n) is 8.40. The molecule has 3 nitrogen and oxygen atoms in total. The molecule has 1 aliphatic heterocycles. The average molecular weight is 296 g/mol. The van der Waals surface area contributed by atoms with Gasteiger partial charge in [-0.15, -0.1) is 0 Å². The number of rotatable bonds is 5. The summed E-state index contributed by atoms with van der Waals surface area (Å²) in [5.74, 6) is 2.15. The van der Waals surface area contributed by atoms with Gasteiger partial charge >= 0.3 is 0 Å². The molecule has 3 heteroatoms. The van der Waals surface area contributed by atoms with Crippen LogP contribution in [0.3, 0.4) is 0 Å². The van der Waals surface area contributed by atoms with Crippen molar-refractivity contribution in [3.05, 3.63) is 0 Å². The molecule has 0 aromatic heterocycles. The Morgan fingerprint density at radius 2 is 1.95 bits per heavy atom. The molecule has 0 amide bonds. The lowest BCUT2D eigenvalue weighted by Crippen LogP contribution is -2.47. The minimum atomic E-state index is 0.364. The molecule has 4 unspecified atom stereocenters. The molecule has 0 aromatic rings. The number of likely N-dealkylation sites (tertiary alicyclic amines) is 1. The van der Waals surface area contributed by atoms with Gasteiger partial charge in [-0.2, -0.15) is 0 Å². The van der Waals surface area contributed by atoms with Crippen molar-refractivity contribution >= 4 is 0 Å². The van der Waals surface area contributed by atoms with Gasteiger partial charge in [0, 0.05) is 25.7 Å². The Bertz CT molecular complexity index is 313. The van der Waals surface area contributed by atoms with Gasteiger partial charge < -0.3 is 15.3 Å². The van der Waals surface area contributed by atoms with E-state index < -0.39 is 0 Å². The quantitative estimate of drug-likeness (QED) is 0.819. The zero-order chi connectivity index (χ0) is 15.5. The highest BCUT2D eigenvalue weighted by molar-refractivity contribution is 4.91. The Hall–Kier alpha value is -0.120. The lowest BCUT2D eigenvalue weighted by Gasteiger charge is -2.43. The molecule has 4 atom stereocenters. The van der Waals surface area contributed by atoms with Crippen LogP contribution < -0.4 is 5.32 Å². The molecule has 2 aliphatic rings. The summed E-state index contributed by atoms with van der Waals surface area (Å²) in [6.07, 6.45) is 5.24.